The van der Waals surface area contributed by atoms with Gasteiger partial charge in [-0.1, -0.05) is 6.07 Å². The molecule has 174 valence electrons. The zero-order chi connectivity index (χ0) is 23.6. The fraction of sp³-hybridized carbons (Fsp3) is 0.550. The van der Waals surface area contributed by atoms with Gasteiger partial charge in [0.1, 0.15) is 5.75 Å². The fourth-order valence-corrected chi connectivity index (χ4v) is 3.17. The second-order valence-electron chi connectivity index (χ2n) is 6.98. The average molecular weight is 447 g/mol. The van der Waals surface area contributed by atoms with Gasteiger partial charge in [0, 0.05) is 6.42 Å². The molecule has 1 aromatic carbocycles. The van der Waals surface area contributed by atoms with Crippen molar-refractivity contribution >= 4 is 17.9 Å². The highest BCUT2D eigenvalue weighted by molar-refractivity contribution is 5.75. The number of nitrogens with zero attached hydrogens (tertiary/aromatic N) is 1. The van der Waals surface area contributed by atoms with E-state index in [0.29, 0.717) is 18.9 Å². The smallest absolute Gasteiger partial charge is 0.475 e. The molecule has 31 heavy (non-hydrogen) atoms. The molecule has 0 heterocycles. The van der Waals surface area contributed by atoms with E-state index in [4.69, 9.17) is 30.8 Å². The predicted molar refractivity (Wildman–Crippen MR) is 107 cm³/mol. The molecule has 1 aliphatic carbocycles. The summed E-state index contributed by atoms with van der Waals surface area (Å²) in [6, 6.07) is 6.08. The fourth-order valence-electron chi connectivity index (χ4n) is 3.17. The van der Waals surface area contributed by atoms with E-state index in [1.165, 1.54) is 11.1 Å². The Morgan fingerprint density at radius 3 is 2.48 bits per heavy atom. The number of carbonyl (C=O) groups is 2. The van der Waals surface area contributed by atoms with Gasteiger partial charge in [0.2, 0.25) is 0 Å². The first-order valence-corrected chi connectivity index (χ1v) is 9.75. The number of aliphatic imine (C=N–C) groups is 1. The maximum Gasteiger partial charge on any atom is 0.490 e. The highest BCUT2D eigenvalue weighted by Crippen LogP contribution is 2.30. The van der Waals surface area contributed by atoms with Crippen molar-refractivity contribution in [3.8, 4) is 5.75 Å². The van der Waals surface area contributed by atoms with E-state index in [1.807, 2.05) is 19.1 Å². The van der Waals surface area contributed by atoms with Crippen LogP contribution in [0.5, 0.6) is 5.75 Å². The minimum absolute atomic E-state index is 0.00626. The highest BCUT2D eigenvalue weighted by Gasteiger charge is 2.38. The van der Waals surface area contributed by atoms with Gasteiger partial charge in [0.25, 0.3) is 0 Å². The summed E-state index contributed by atoms with van der Waals surface area (Å²) in [6.07, 6.45) is -1.03. The van der Waals surface area contributed by atoms with Crippen LogP contribution in [0.3, 0.4) is 0 Å². The van der Waals surface area contributed by atoms with Crippen LogP contribution in [0.15, 0.2) is 23.2 Å². The number of rotatable bonds is 6. The molecule has 11 heteroatoms. The lowest BCUT2D eigenvalue weighted by molar-refractivity contribution is -0.192. The van der Waals surface area contributed by atoms with Crippen molar-refractivity contribution in [1.82, 2.24) is 0 Å². The van der Waals surface area contributed by atoms with Crippen molar-refractivity contribution in [3.05, 3.63) is 29.3 Å². The van der Waals surface area contributed by atoms with Crippen LogP contribution in [0, 0.1) is 5.92 Å². The van der Waals surface area contributed by atoms with Crippen molar-refractivity contribution in [2.24, 2.45) is 22.4 Å². The Kier molecular flexibility index (Phi) is 10.1. The van der Waals surface area contributed by atoms with Gasteiger partial charge in [-0.2, -0.15) is 13.2 Å². The van der Waals surface area contributed by atoms with Crippen molar-refractivity contribution < 1.29 is 37.3 Å². The summed E-state index contributed by atoms with van der Waals surface area (Å²) < 4.78 is 42.6. The van der Waals surface area contributed by atoms with Crippen LogP contribution in [-0.2, 0) is 27.2 Å². The molecule has 0 aromatic heterocycles. The molecule has 0 bridgehead atoms. The topological polar surface area (TPSA) is 137 Å². The number of ether oxygens (including phenoxy) is 2. The molecular weight excluding hydrogens is 419 g/mol. The molecule has 0 saturated carbocycles. The Labute approximate surface area is 178 Å². The Balaban J connectivity index is 0.000000592. The number of aliphatic carboxylic acids is 1. The first-order valence-electron chi connectivity index (χ1n) is 9.75. The first kappa shape index (κ1) is 26.1. The molecular formula is C20H28F3N3O5. The predicted octanol–water partition coefficient (Wildman–Crippen LogP) is 2.77. The molecule has 2 rings (SSSR count). The van der Waals surface area contributed by atoms with Crippen LogP contribution in [-0.4, -0.2) is 42.0 Å². The number of nitrogens with two attached hydrogens (primary N) is 2. The van der Waals surface area contributed by atoms with Crippen LogP contribution in [0.2, 0.25) is 0 Å². The summed E-state index contributed by atoms with van der Waals surface area (Å²) in [5.41, 5.74) is 13.3. The highest BCUT2D eigenvalue weighted by atomic mass is 19.4. The molecule has 5 N–H and O–H groups in total. The van der Waals surface area contributed by atoms with Gasteiger partial charge in [-0.3, -0.25) is 4.79 Å². The number of guanidine groups is 1. The number of carbonyl (C=O) groups excluding carboxylic acids is 1. The molecule has 0 radical (unpaired) electrons. The Morgan fingerprint density at radius 1 is 1.29 bits per heavy atom. The molecule has 0 saturated heterocycles. The number of benzene rings is 1. The molecule has 0 aliphatic heterocycles. The summed E-state index contributed by atoms with van der Waals surface area (Å²) in [7, 11) is 0. The third-order valence-electron chi connectivity index (χ3n) is 4.39. The Hall–Kier alpha value is -2.98. The van der Waals surface area contributed by atoms with E-state index in [9.17, 15) is 18.0 Å². The standard InChI is InChI=1S/C18H27N3O3.C2HF3O2/c1-3-23-17(22)10-13-5-4-6-14-7-8-16(11-15(14)9-13)24-12(2)21-18(19)20;3-2(4,5)1(6)7/h7-8,11-13H,3-6,9-10H2,1-2H3,(H4,19,20,21);(H,6,7). The molecule has 2 unspecified atom stereocenters. The number of esters is 1. The number of fused-ring (bicyclic) bond motifs is 1. The minimum atomic E-state index is -5.08. The average Bonchev–Trinajstić information content (AvgIpc) is 2.82. The van der Waals surface area contributed by atoms with Gasteiger partial charge in [-0.15, -0.1) is 0 Å². The largest absolute Gasteiger partial charge is 0.490 e. The second kappa shape index (κ2) is 12.0. The molecule has 0 spiro atoms. The normalized spacial score (nSPS) is 16.5. The second-order valence-corrected chi connectivity index (χ2v) is 6.98. The van der Waals surface area contributed by atoms with Crippen molar-refractivity contribution in [3.63, 3.8) is 0 Å². The number of hydrogen-bond acceptors (Lipinski definition) is 5. The Bertz CT molecular complexity index is 780. The van der Waals surface area contributed by atoms with Crippen LogP contribution < -0.4 is 16.2 Å². The maximum atomic E-state index is 11.8. The van der Waals surface area contributed by atoms with Crippen LogP contribution in [0.25, 0.3) is 0 Å². The summed E-state index contributed by atoms with van der Waals surface area (Å²) in [4.78, 5) is 24.6. The summed E-state index contributed by atoms with van der Waals surface area (Å²) in [5, 5.41) is 7.12. The van der Waals surface area contributed by atoms with Gasteiger partial charge < -0.3 is 26.0 Å². The number of alkyl halides is 3. The lowest BCUT2D eigenvalue weighted by Crippen LogP contribution is -2.26. The summed E-state index contributed by atoms with van der Waals surface area (Å²) in [5.74, 6) is -1.81. The van der Waals surface area contributed by atoms with Crippen molar-refractivity contribution in [2.75, 3.05) is 6.61 Å². The third-order valence-corrected chi connectivity index (χ3v) is 4.39. The van der Waals surface area contributed by atoms with E-state index < -0.39 is 18.4 Å². The molecule has 2 atom stereocenters. The molecule has 0 fully saturated rings. The van der Waals surface area contributed by atoms with E-state index in [2.05, 4.69) is 11.1 Å². The van der Waals surface area contributed by atoms with E-state index in [-0.39, 0.29) is 11.9 Å². The van der Waals surface area contributed by atoms with Gasteiger partial charge in [0.15, 0.2) is 12.2 Å². The number of carboxylic acid groups (broad SMARTS) is 1. The lowest BCUT2D eigenvalue weighted by atomic mass is 9.94. The van der Waals surface area contributed by atoms with E-state index in [1.54, 1.807) is 6.92 Å². The van der Waals surface area contributed by atoms with Crippen molar-refractivity contribution in [2.45, 2.75) is 58.4 Å². The van der Waals surface area contributed by atoms with Crippen LogP contribution in [0.1, 0.15) is 44.2 Å². The zero-order valence-corrected chi connectivity index (χ0v) is 17.4. The Morgan fingerprint density at radius 2 is 1.94 bits per heavy atom. The maximum absolute atomic E-state index is 11.8. The van der Waals surface area contributed by atoms with Crippen LogP contribution >= 0.6 is 0 Å². The molecule has 1 aliphatic rings. The SMILES string of the molecule is CCOC(=O)CC1CCCc2ccc(OC(C)N=C(N)N)cc2C1.O=C(O)C(F)(F)F. The monoisotopic (exact) mass is 447 g/mol. The lowest BCUT2D eigenvalue weighted by Gasteiger charge is -2.16. The minimum Gasteiger partial charge on any atom is -0.475 e. The van der Waals surface area contributed by atoms with Gasteiger partial charge >= 0.3 is 18.1 Å². The molecule has 0 amide bonds. The first-order chi connectivity index (χ1) is 14.4. The van der Waals surface area contributed by atoms with Crippen LogP contribution in [0.4, 0.5) is 13.2 Å². The number of hydrogen-bond donors (Lipinski definition) is 3. The summed E-state index contributed by atoms with van der Waals surface area (Å²) >= 11 is 0. The van der Waals surface area contributed by atoms with Crippen molar-refractivity contribution in [1.29, 1.82) is 0 Å². The molecule has 1 aromatic rings. The summed E-state index contributed by atoms with van der Waals surface area (Å²) in [6.45, 7) is 4.05. The van der Waals surface area contributed by atoms with E-state index in [0.717, 1.165) is 31.4 Å². The third kappa shape index (κ3) is 10.1. The number of carboxylic acids is 1. The number of aryl methyl sites for hydroxylation is 1. The van der Waals surface area contributed by atoms with Gasteiger partial charge in [0.05, 0.1) is 6.61 Å². The zero-order valence-electron chi connectivity index (χ0n) is 17.4. The molecule has 8 nitrogen and oxygen atoms in total. The number of halogens is 3. The van der Waals surface area contributed by atoms with Gasteiger partial charge in [-0.25, -0.2) is 9.79 Å². The van der Waals surface area contributed by atoms with Gasteiger partial charge in [-0.05, 0) is 68.7 Å². The van der Waals surface area contributed by atoms with E-state index >= 15 is 0 Å². The quantitative estimate of drug-likeness (QED) is 0.264.